The molecule has 1 aromatic rings. The molecule has 1 atom stereocenters. The highest BCUT2D eigenvalue weighted by atomic mass is 35.5. The van der Waals surface area contributed by atoms with Crippen molar-refractivity contribution in [3.8, 4) is 0 Å². The summed E-state index contributed by atoms with van der Waals surface area (Å²) in [6, 6.07) is 7.95. The smallest absolute Gasteiger partial charge is 0.229 e. The topological polar surface area (TPSA) is 17.1 Å². The van der Waals surface area contributed by atoms with E-state index in [9.17, 15) is 4.79 Å². The average molecular weight is 211 g/mol. The molecule has 0 bridgehead atoms. The number of carbonyl (C=O) groups is 1. The Morgan fingerprint density at radius 1 is 1.21 bits per heavy atom. The highest BCUT2D eigenvalue weighted by molar-refractivity contribution is 6.64. The Balaban J connectivity index is 3.00. The van der Waals surface area contributed by atoms with E-state index >= 15 is 0 Å². The number of hydrogen-bond acceptors (Lipinski definition) is 1. The summed E-state index contributed by atoms with van der Waals surface area (Å²) in [7, 11) is 0. The van der Waals surface area contributed by atoms with Crippen LogP contribution < -0.4 is 0 Å². The first-order valence-electron chi connectivity index (χ1n) is 4.78. The Hall–Kier alpha value is -0.820. The summed E-state index contributed by atoms with van der Waals surface area (Å²) >= 11 is 5.57. The van der Waals surface area contributed by atoms with Crippen molar-refractivity contribution in [2.75, 3.05) is 0 Å². The highest BCUT2D eigenvalue weighted by Gasteiger charge is 2.21. The summed E-state index contributed by atoms with van der Waals surface area (Å²) < 4.78 is 0. The van der Waals surface area contributed by atoms with E-state index < -0.39 is 0 Å². The second-order valence-corrected chi connectivity index (χ2v) is 4.31. The molecule has 1 aromatic carbocycles. The van der Waals surface area contributed by atoms with Crippen molar-refractivity contribution in [1.82, 2.24) is 0 Å². The van der Waals surface area contributed by atoms with E-state index in [-0.39, 0.29) is 17.1 Å². The summed E-state index contributed by atoms with van der Waals surface area (Å²) in [6.45, 7) is 6.03. The van der Waals surface area contributed by atoms with Crippen LogP contribution in [0.1, 0.15) is 30.9 Å². The van der Waals surface area contributed by atoms with Gasteiger partial charge < -0.3 is 0 Å². The van der Waals surface area contributed by atoms with Crippen LogP contribution in [0.25, 0.3) is 0 Å². The van der Waals surface area contributed by atoms with Gasteiger partial charge >= 0.3 is 0 Å². The van der Waals surface area contributed by atoms with Gasteiger partial charge in [-0.05, 0) is 30.0 Å². The maximum Gasteiger partial charge on any atom is 0.229 e. The summed E-state index contributed by atoms with van der Waals surface area (Å²) in [5.74, 6) is 0.0555. The number of rotatable bonds is 3. The van der Waals surface area contributed by atoms with Crippen LogP contribution in [0.3, 0.4) is 0 Å². The Labute approximate surface area is 90.1 Å². The van der Waals surface area contributed by atoms with Crippen molar-refractivity contribution in [1.29, 1.82) is 0 Å². The van der Waals surface area contributed by atoms with Crippen molar-refractivity contribution >= 4 is 16.8 Å². The van der Waals surface area contributed by atoms with Gasteiger partial charge in [0.1, 0.15) is 0 Å². The molecule has 0 aliphatic carbocycles. The van der Waals surface area contributed by atoms with E-state index in [4.69, 9.17) is 11.6 Å². The lowest BCUT2D eigenvalue weighted by Gasteiger charge is -2.16. The van der Waals surface area contributed by atoms with Gasteiger partial charge in [0.15, 0.2) is 0 Å². The van der Waals surface area contributed by atoms with Gasteiger partial charge in [0.2, 0.25) is 5.24 Å². The van der Waals surface area contributed by atoms with E-state index in [0.717, 1.165) is 5.56 Å². The van der Waals surface area contributed by atoms with Crippen LogP contribution in [-0.4, -0.2) is 5.24 Å². The number of carbonyl (C=O) groups excluding carboxylic acids is 1. The quantitative estimate of drug-likeness (QED) is 0.698. The van der Waals surface area contributed by atoms with E-state index in [1.165, 1.54) is 5.56 Å². The van der Waals surface area contributed by atoms with E-state index in [2.05, 4.69) is 0 Å². The molecule has 0 heterocycles. The zero-order valence-corrected chi connectivity index (χ0v) is 9.51. The normalized spacial score (nSPS) is 12.9. The molecule has 0 radical (unpaired) electrons. The monoisotopic (exact) mass is 210 g/mol. The first-order chi connectivity index (χ1) is 6.52. The molecule has 14 heavy (non-hydrogen) atoms. The van der Waals surface area contributed by atoms with Crippen LogP contribution in [0.5, 0.6) is 0 Å². The van der Waals surface area contributed by atoms with Crippen molar-refractivity contribution in [3.05, 3.63) is 35.4 Å². The number of hydrogen-bond donors (Lipinski definition) is 0. The predicted molar refractivity (Wildman–Crippen MR) is 59.6 cm³/mol. The molecule has 1 nitrogen and oxygen atoms in total. The summed E-state index contributed by atoms with van der Waals surface area (Å²) in [5, 5.41) is -0.274. The third-order valence-corrected chi connectivity index (χ3v) is 2.58. The first-order valence-corrected chi connectivity index (χ1v) is 5.16. The molecule has 0 N–H and O–H groups in total. The zero-order valence-electron chi connectivity index (χ0n) is 8.75. The van der Waals surface area contributed by atoms with Crippen LogP contribution in [0.4, 0.5) is 0 Å². The maximum atomic E-state index is 11.2. The van der Waals surface area contributed by atoms with Gasteiger partial charge in [0, 0.05) is 0 Å². The molecular formula is C12H15ClO. The fraction of sp³-hybridized carbons (Fsp3) is 0.417. The molecule has 76 valence electrons. The summed E-state index contributed by atoms with van der Waals surface area (Å²) in [4.78, 5) is 11.2. The molecule has 0 aromatic heterocycles. The molecule has 0 spiro atoms. The molecule has 0 aliphatic heterocycles. The standard InChI is InChI=1S/C12H15ClO/c1-8(2)11(12(13)14)10-6-4-9(3)5-7-10/h4-8,11H,1-3H3. The summed E-state index contributed by atoms with van der Waals surface area (Å²) in [6.07, 6.45) is 0. The largest absolute Gasteiger partial charge is 0.281 e. The Morgan fingerprint density at radius 2 is 1.71 bits per heavy atom. The molecule has 1 rings (SSSR count). The molecule has 0 saturated heterocycles. The molecule has 0 amide bonds. The van der Waals surface area contributed by atoms with Crippen molar-refractivity contribution in [2.24, 2.45) is 5.92 Å². The van der Waals surface area contributed by atoms with Gasteiger partial charge in [0.25, 0.3) is 0 Å². The molecular weight excluding hydrogens is 196 g/mol. The van der Waals surface area contributed by atoms with Gasteiger partial charge in [-0.2, -0.15) is 0 Å². The molecule has 2 heteroatoms. The van der Waals surface area contributed by atoms with Crippen LogP contribution >= 0.6 is 11.6 Å². The van der Waals surface area contributed by atoms with E-state index in [0.29, 0.717) is 0 Å². The zero-order chi connectivity index (χ0) is 10.7. The van der Waals surface area contributed by atoms with Crippen LogP contribution in [0.15, 0.2) is 24.3 Å². The van der Waals surface area contributed by atoms with Crippen LogP contribution in [-0.2, 0) is 4.79 Å². The maximum absolute atomic E-state index is 11.2. The van der Waals surface area contributed by atoms with Gasteiger partial charge in [-0.15, -0.1) is 0 Å². The molecule has 0 saturated carbocycles. The first kappa shape index (κ1) is 11.3. The van der Waals surface area contributed by atoms with Crippen LogP contribution in [0.2, 0.25) is 0 Å². The number of benzene rings is 1. The lowest BCUT2D eigenvalue weighted by atomic mass is 9.89. The molecule has 0 fully saturated rings. The SMILES string of the molecule is Cc1ccc(C(C(=O)Cl)C(C)C)cc1. The van der Waals surface area contributed by atoms with Gasteiger partial charge in [-0.1, -0.05) is 43.7 Å². The third-order valence-electron chi connectivity index (χ3n) is 2.35. The second-order valence-electron chi connectivity index (χ2n) is 3.94. The number of aryl methyl sites for hydroxylation is 1. The third kappa shape index (κ3) is 2.58. The lowest BCUT2D eigenvalue weighted by molar-refractivity contribution is -0.113. The molecule has 0 aliphatic rings. The summed E-state index contributed by atoms with van der Waals surface area (Å²) in [5.41, 5.74) is 2.20. The van der Waals surface area contributed by atoms with E-state index in [1.54, 1.807) is 0 Å². The lowest BCUT2D eigenvalue weighted by Crippen LogP contribution is -2.13. The highest BCUT2D eigenvalue weighted by Crippen LogP contribution is 2.26. The van der Waals surface area contributed by atoms with Gasteiger partial charge in [0.05, 0.1) is 5.92 Å². The Kier molecular flexibility index (Phi) is 3.70. The van der Waals surface area contributed by atoms with Crippen LogP contribution in [0, 0.1) is 12.8 Å². The Morgan fingerprint density at radius 3 is 2.07 bits per heavy atom. The minimum Gasteiger partial charge on any atom is -0.281 e. The molecule has 1 unspecified atom stereocenters. The fourth-order valence-corrected chi connectivity index (χ4v) is 1.93. The minimum atomic E-state index is -0.274. The van der Waals surface area contributed by atoms with Gasteiger partial charge in [-0.25, -0.2) is 0 Å². The van der Waals surface area contributed by atoms with Gasteiger partial charge in [-0.3, -0.25) is 4.79 Å². The van der Waals surface area contributed by atoms with Crippen molar-refractivity contribution in [2.45, 2.75) is 26.7 Å². The van der Waals surface area contributed by atoms with Crippen molar-refractivity contribution in [3.63, 3.8) is 0 Å². The second kappa shape index (κ2) is 4.61. The predicted octanol–water partition coefficient (Wildman–Crippen LogP) is 3.50. The minimum absolute atomic E-state index is 0.183. The fourth-order valence-electron chi connectivity index (χ4n) is 1.55. The van der Waals surface area contributed by atoms with E-state index in [1.807, 2.05) is 45.0 Å². The Bertz CT molecular complexity index is 314. The van der Waals surface area contributed by atoms with Crippen molar-refractivity contribution < 1.29 is 4.79 Å². The number of halogens is 1. The average Bonchev–Trinajstić information content (AvgIpc) is 2.07.